The Bertz CT molecular complexity index is 909. The van der Waals surface area contributed by atoms with E-state index in [0.717, 1.165) is 0 Å². The van der Waals surface area contributed by atoms with E-state index in [4.69, 9.17) is 9.47 Å². The van der Waals surface area contributed by atoms with E-state index in [2.05, 4.69) is 16.0 Å². The fourth-order valence-corrected chi connectivity index (χ4v) is 2.40. The maximum absolute atomic E-state index is 12.0. The largest absolute Gasteiger partial charge is 0.493 e. The van der Waals surface area contributed by atoms with E-state index in [-0.39, 0.29) is 18.2 Å². The van der Waals surface area contributed by atoms with Crippen molar-refractivity contribution < 1.29 is 23.9 Å². The van der Waals surface area contributed by atoms with Gasteiger partial charge in [0.15, 0.2) is 18.1 Å². The Kier molecular flexibility index (Phi) is 5.36. The number of rotatable bonds is 6. The summed E-state index contributed by atoms with van der Waals surface area (Å²) in [6, 6.07) is 13.4. The van der Waals surface area contributed by atoms with Gasteiger partial charge in [-0.15, -0.1) is 0 Å². The monoisotopic (exact) mass is 367 g/mol. The van der Waals surface area contributed by atoms with E-state index in [9.17, 15) is 14.4 Å². The maximum Gasteiger partial charge on any atom is 0.326 e. The molecule has 0 saturated carbocycles. The van der Waals surface area contributed by atoms with Crippen LogP contribution >= 0.6 is 0 Å². The van der Waals surface area contributed by atoms with Crippen molar-refractivity contribution in [3.63, 3.8) is 0 Å². The average molecular weight is 367 g/mol. The minimum atomic E-state index is -0.567. The lowest BCUT2D eigenvalue weighted by Crippen LogP contribution is -2.22. The van der Waals surface area contributed by atoms with Crippen molar-refractivity contribution in [2.24, 2.45) is 0 Å². The standard InChI is InChI=1S/C19H17N3O5/c1-26-16-10-12(9-14-18(24)22-19(25)21-14)7-8-15(16)27-11-17(23)20-13-5-3-2-4-6-13/h2-10H,11H2,1H3,(H,20,23)(H2,21,22,24,25)/b14-9+. The molecular weight excluding hydrogens is 350 g/mol. The Labute approximate surface area is 155 Å². The molecule has 2 aromatic rings. The van der Waals surface area contributed by atoms with Gasteiger partial charge in [0, 0.05) is 5.69 Å². The Hall–Kier alpha value is -3.81. The van der Waals surface area contributed by atoms with Gasteiger partial charge < -0.3 is 20.1 Å². The van der Waals surface area contributed by atoms with Crippen LogP contribution < -0.4 is 25.4 Å². The molecule has 0 spiro atoms. The number of amides is 4. The summed E-state index contributed by atoms with van der Waals surface area (Å²) < 4.78 is 10.8. The highest BCUT2D eigenvalue weighted by Gasteiger charge is 2.22. The summed E-state index contributed by atoms with van der Waals surface area (Å²) in [4.78, 5) is 34.7. The number of hydrogen-bond acceptors (Lipinski definition) is 5. The predicted molar refractivity (Wildman–Crippen MR) is 98.2 cm³/mol. The average Bonchev–Trinajstić information content (AvgIpc) is 2.98. The molecule has 8 heteroatoms. The summed E-state index contributed by atoms with van der Waals surface area (Å²) >= 11 is 0. The third-order valence-electron chi connectivity index (χ3n) is 3.63. The number of carbonyl (C=O) groups excluding carboxylic acids is 3. The highest BCUT2D eigenvalue weighted by Crippen LogP contribution is 2.29. The Morgan fingerprint density at radius 3 is 2.52 bits per heavy atom. The number of para-hydroxylation sites is 1. The molecule has 1 heterocycles. The molecule has 1 aliphatic rings. The number of ether oxygens (including phenoxy) is 2. The molecule has 8 nitrogen and oxygen atoms in total. The molecule has 0 aliphatic carbocycles. The van der Waals surface area contributed by atoms with Crippen LogP contribution in [0, 0.1) is 0 Å². The number of hydrogen-bond donors (Lipinski definition) is 3. The number of urea groups is 1. The summed E-state index contributed by atoms with van der Waals surface area (Å²) in [6.07, 6.45) is 1.51. The third-order valence-corrected chi connectivity index (χ3v) is 3.63. The minimum Gasteiger partial charge on any atom is -0.493 e. The van der Waals surface area contributed by atoms with Crippen LogP contribution in [0.1, 0.15) is 5.56 Å². The molecule has 3 N–H and O–H groups in total. The number of carbonyl (C=O) groups is 3. The summed E-state index contributed by atoms with van der Waals surface area (Å²) in [5, 5.41) is 7.25. The van der Waals surface area contributed by atoms with Gasteiger partial charge in [-0.05, 0) is 35.9 Å². The summed E-state index contributed by atoms with van der Waals surface area (Å²) in [7, 11) is 1.47. The van der Waals surface area contributed by atoms with Gasteiger partial charge in [-0.2, -0.15) is 0 Å². The Morgan fingerprint density at radius 1 is 1.07 bits per heavy atom. The molecule has 0 unspecified atom stereocenters. The lowest BCUT2D eigenvalue weighted by Gasteiger charge is -2.11. The number of imide groups is 1. The third kappa shape index (κ3) is 4.63. The normalized spacial score (nSPS) is 14.5. The van der Waals surface area contributed by atoms with Gasteiger partial charge in [-0.25, -0.2) is 4.79 Å². The maximum atomic E-state index is 12.0. The molecule has 0 bridgehead atoms. The molecular formula is C19H17N3O5. The van der Waals surface area contributed by atoms with Gasteiger partial charge in [0.2, 0.25) is 0 Å². The molecule has 1 aliphatic heterocycles. The van der Waals surface area contributed by atoms with Gasteiger partial charge in [-0.3, -0.25) is 14.9 Å². The van der Waals surface area contributed by atoms with Gasteiger partial charge in [0.05, 0.1) is 7.11 Å². The Morgan fingerprint density at radius 2 is 1.85 bits per heavy atom. The molecule has 1 saturated heterocycles. The molecule has 3 rings (SSSR count). The van der Waals surface area contributed by atoms with Gasteiger partial charge in [-0.1, -0.05) is 24.3 Å². The lowest BCUT2D eigenvalue weighted by molar-refractivity contribution is -0.118. The van der Waals surface area contributed by atoms with E-state index >= 15 is 0 Å². The predicted octanol–water partition coefficient (Wildman–Crippen LogP) is 1.89. The SMILES string of the molecule is COc1cc(/C=C2/NC(=O)NC2=O)ccc1OCC(=O)Nc1ccccc1. The van der Waals surface area contributed by atoms with E-state index in [0.29, 0.717) is 22.7 Å². The van der Waals surface area contributed by atoms with E-state index in [1.807, 2.05) is 18.2 Å². The van der Waals surface area contributed by atoms with E-state index < -0.39 is 11.9 Å². The first-order valence-electron chi connectivity index (χ1n) is 8.05. The second-order valence-corrected chi connectivity index (χ2v) is 5.58. The fraction of sp³-hybridized carbons (Fsp3) is 0.105. The second-order valence-electron chi connectivity index (χ2n) is 5.58. The van der Waals surface area contributed by atoms with Crippen molar-refractivity contribution >= 4 is 29.6 Å². The lowest BCUT2D eigenvalue weighted by atomic mass is 10.1. The van der Waals surface area contributed by atoms with Gasteiger partial charge in [0.25, 0.3) is 11.8 Å². The first-order valence-corrected chi connectivity index (χ1v) is 8.05. The Balaban J connectivity index is 1.66. The zero-order valence-corrected chi connectivity index (χ0v) is 14.4. The van der Waals surface area contributed by atoms with Crippen LogP contribution in [0.2, 0.25) is 0 Å². The fourth-order valence-electron chi connectivity index (χ4n) is 2.40. The molecule has 4 amide bonds. The molecule has 0 aromatic heterocycles. The van der Waals surface area contributed by atoms with E-state index in [1.54, 1.807) is 30.3 Å². The van der Waals surface area contributed by atoms with Crippen molar-refractivity contribution in [3.05, 3.63) is 59.8 Å². The van der Waals surface area contributed by atoms with Crippen molar-refractivity contribution in [1.29, 1.82) is 0 Å². The van der Waals surface area contributed by atoms with Crippen molar-refractivity contribution in [2.45, 2.75) is 0 Å². The van der Waals surface area contributed by atoms with Crippen molar-refractivity contribution in [1.82, 2.24) is 10.6 Å². The summed E-state index contributed by atoms with van der Waals surface area (Å²) in [5.74, 6) is -0.0407. The van der Waals surface area contributed by atoms with Crippen LogP contribution in [0.25, 0.3) is 6.08 Å². The van der Waals surface area contributed by atoms with Crippen LogP contribution in [0.3, 0.4) is 0 Å². The molecule has 27 heavy (non-hydrogen) atoms. The number of anilines is 1. The summed E-state index contributed by atoms with van der Waals surface area (Å²) in [5.41, 5.74) is 1.44. The van der Waals surface area contributed by atoms with Crippen LogP contribution in [0.5, 0.6) is 11.5 Å². The van der Waals surface area contributed by atoms with Crippen molar-refractivity contribution in [3.8, 4) is 11.5 Å². The molecule has 2 aromatic carbocycles. The zero-order valence-electron chi connectivity index (χ0n) is 14.4. The molecule has 1 fully saturated rings. The topological polar surface area (TPSA) is 106 Å². The minimum absolute atomic E-state index is 0.137. The van der Waals surface area contributed by atoms with Gasteiger partial charge >= 0.3 is 6.03 Å². The van der Waals surface area contributed by atoms with E-state index in [1.165, 1.54) is 13.2 Å². The van der Waals surface area contributed by atoms with Crippen molar-refractivity contribution in [2.75, 3.05) is 19.0 Å². The number of nitrogens with one attached hydrogen (secondary N) is 3. The first kappa shape index (κ1) is 18.0. The second kappa shape index (κ2) is 8.05. The van der Waals surface area contributed by atoms with Crippen LogP contribution in [-0.4, -0.2) is 31.6 Å². The first-order chi connectivity index (χ1) is 13.0. The molecule has 0 radical (unpaired) electrons. The zero-order chi connectivity index (χ0) is 19.2. The molecule has 138 valence electrons. The number of methoxy groups -OCH3 is 1. The number of benzene rings is 2. The van der Waals surface area contributed by atoms with Gasteiger partial charge in [0.1, 0.15) is 5.70 Å². The highest BCUT2D eigenvalue weighted by molar-refractivity contribution is 6.14. The smallest absolute Gasteiger partial charge is 0.326 e. The summed E-state index contributed by atoms with van der Waals surface area (Å²) in [6.45, 7) is -0.190. The quantitative estimate of drug-likeness (QED) is 0.534. The van der Waals surface area contributed by atoms with Crippen LogP contribution in [0.15, 0.2) is 54.2 Å². The highest BCUT2D eigenvalue weighted by atomic mass is 16.5. The van der Waals surface area contributed by atoms with Crippen LogP contribution in [0.4, 0.5) is 10.5 Å². The molecule has 0 atom stereocenters. The van der Waals surface area contributed by atoms with Crippen LogP contribution in [-0.2, 0) is 9.59 Å².